The third-order valence-electron chi connectivity index (χ3n) is 4.41. The second-order valence-corrected chi connectivity index (χ2v) is 6.62. The number of rotatable bonds is 5. The summed E-state index contributed by atoms with van der Waals surface area (Å²) in [6, 6.07) is 5.71. The minimum atomic E-state index is 0.473. The van der Waals surface area contributed by atoms with Gasteiger partial charge in [0.2, 0.25) is 0 Å². The maximum absolute atomic E-state index is 7.86. The predicted molar refractivity (Wildman–Crippen MR) is 97.5 cm³/mol. The Kier molecular flexibility index (Phi) is 3.73. The van der Waals surface area contributed by atoms with Crippen LogP contribution in [-0.2, 0) is 13.6 Å². The Morgan fingerprint density at radius 2 is 2.25 bits per heavy atom. The van der Waals surface area contributed by atoms with Crippen LogP contribution >= 0.6 is 11.6 Å². The van der Waals surface area contributed by atoms with Gasteiger partial charge in [-0.15, -0.1) is 0 Å². The van der Waals surface area contributed by atoms with Crippen LogP contribution in [0.3, 0.4) is 0 Å². The van der Waals surface area contributed by atoms with Crippen molar-refractivity contribution in [2.45, 2.75) is 19.4 Å². The minimum Gasteiger partial charge on any atom is -0.384 e. The van der Waals surface area contributed by atoms with Gasteiger partial charge in [-0.3, -0.25) is 4.98 Å². The van der Waals surface area contributed by atoms with Crippen LogP contribution < -0.4 is 5.32 Å². The summed E-state index contributed by atoms with van der Waals surface area (Å²) in [5.41, 5.74) is 3.51. The number of aryl methyl sites for hydroxylation is 1. The summed E-state index contributed by atoms with van der Waals surface area (Å²) in [6.45, 7) is 0.599. The number of pyridine rings is 1. The lowest BCUT2D eigenvalue weighted by atomic mass is 10.2. The van der Waals surface area contributed by atoms with E-state index in [1.54, 1.807) is 6.20 Å². The van der Waals surface area contributed by atoms with Crippen molar-refractivity contribution in [3.8, 4) is 0 Å². The Bertz CT molecular complexity index is 968. The number of hydrogen-bond donors (Lipinski definition) is 2. The van der Waals surface area contributed by atoms with Gasteiger partial charge in [0.25, 0.3) is 0 Å². The molecule has 0 amide bonds. The standard InChI is InChI=1S/C18H18ClN5/c1-24-17(10-21-7-6-14(20)11-2-3-11)23-16-9-22-15-5-4-12(19)8-13(15)18(16)24/h4-9,11,20-21H,2-3,10H2,1H3/b7-6-,20-14?. The summed E-state index contributed by atoms with van der Waals surface area (Å²) in [5.74, 6) is 1.39. The van der Waals surface area contributed by atoms with E-state index in [4.69, 9.17) is 17.0 Å². The summed E-state index contributed by atoms with van der Waals surface area (Å²) in [5, 5.41) is 12.8. The minimum absolute atomic E-state index is 0.473. The van der Waals surface area contributed by atoms with Crippen molar-refractivity contribution in [3.05, 3.63) is 47.5 Å². The summed E-state index contributed by atoms with van der Waals surface area (Å²) in [6.07, 6.45) is 7.78. The molecule has 6 heteroatoms. The number of imidazole rings is 1. The topological polar surface area (TPSA) is 66.6 Å². The lowest BCUT2D eigenvalue weighted by molar-refractivity contribution is 0.745. The second kappa shape index (κ2) is 5.91. The normalized spacial score (nSPS) is 14.8. The van der Waals surface area contributed by atoms with Crippen molar-refractivity contribution >= 4 is 39.2 Å². The SMILES string of the molecule is Cn1c(CN/C=C\C(=N)C2CC2)nc2cnc3ccc(Cl)cc3c21. The lowest BCUT2D eigenvalue weighted by Gasteiger charge is -2.04. The molecule has 4 rings (SSSR count). The molecule has 0 saturated heterocycles. The van der Waals surface area contributed by atoms with Crippen LogP contribution in [0.5, 0.6) is 0 Å². The van der Waals surface area contributed by atoms with Gasteiger partial charge in [0.15, 0.2) is 0 Å². The maximum Gasteiger partial charge on any atom is 0.129 e. The Balaban J connectivity index is 1.61. The van der Waals surface area contributed by atoms with Gasteiger partial charge >= 0.3 is 0 Å². The molecule has 2 N–H and O–H groups in total. The zero-order valence-corrected chi connectivity index (χ0v) is 14.1. The zero-order chi connectivity index (χ0) is 16.7. The molecular weight excluding hydrogens is 322 g/mol. The Hall–Kier alpha value is -2.40. The van der Waals surface area contributed by atoms with Gasteiger partial charge in [0.1, 0.15) is 11.3 Å². The first-order valence-corrected chi connectivity index (χ1v) is 8.39. The first-order valence-electron chi connectivity index (χ1n) is 8.01. The molecule has 0 spiro atoms. The zero-order valence-electron chi connectivity index (χ0n) is 13.4. The van der Waals surface area contributed by atoms with Crippen LogP contribution in [0, 0.1) is 11.3 Å². The molecule has 1 aliphatic carbocycles. The molecule has 1 saturated carbocycles. The lowest BCUT2D eigenvalue weighted by Crippen LogP contribution is -2.10. The van der Waals surface area contributed by atoms with Crippen molar-refractivity contribution < 1.29 is 0 Å². The fourth-order valence-corrected chi connectivity index (χ4v) is 3.08. The summed E-state index contributed by atoms with van der Waals surface area (Å²) in [7, 11) is 2.00. The molecule has 3 aromatic rings. The first kappa shape index (κ1) is 15.1. The maximum atomic E-state index is 7.86. The third kappa shape index (κ3) is 2.76. The predicted octanol–water partition coefficient (Wildman–Crippen LogP) is 3.81. The Morgan fingerprint density at radius 3 is 3.04 bits per heavy atom. The molecule has 0 atom stereocenters. The van der Waals surface area contributed by atoms with E-state index in [1.165, 1.54) is 0 Å². The van der Waals surface area contributed by atoms with Crippen LogP contribution in [0.25, 0.3) is 21.9 Å². The monoisotopic (exact) mass is 339 g/mol. The highest BCUT2D eigenvalue weighted by molar-refractivity contribution is 6.31. The summed E-state index contributed by atoms with van der Waals surface area (Å²) >= 11 is 6.14. The van der Waals surface area contributed by atoms with E-state index < -0.39 is 0 Å². The molecule has 1 aliphatic rings. The number of benzene rings is 1. The fourth-order valence-electron chi connectivity index (χ4n) is 2.91. The van der Waals surface area contributed by atoms with Crippen molar-refractivity contribution in [3.63, 3.8) is 0 Å². The molecule has 1 aromatic carbocycles. The highest BCUT2D eigenvalue weighted by Gasteiger charge is 2.24. The van der Waals surface area contributed by atoms with E-state index in [0.717, 1.165) is 40.6 Å². The van der Waals surface area contributed by atoms with Gasteiger partial charge in [0, 0.05) is 29.1 Å². The van der Waals surface area contributed by atoms with E-state index >= 15 is 0 Å². The molecule has 24 heavy (non-hydrogen) atoms. The van der Waals surface area contributed by atoms with Gasteiger partial charge in [-0.05, 0) is 43.3 Å². The number of fused-ring (bicyclic) bond motifs is 3. The van der Waals surface area contributed by atoms with Gasteiger partial charge in [-0.1, -0.05) is 11.6 Å². The number of nitrogens with zero attached hydrogens (tertiary/aromatic N) is 3. The number of hydrogen-bond acceptors (Lipinski definition) is 4. The van der Waals surface area contributed by atoms with Crippen molar-refractivity contribution in [2.24, 2.45) is 13.0 Å². The molecular formula is C18H18ClN5. The fraction of sp³-hybridized carbons (Fsp3) is 0.278. The average molecular weight is 340 g/mol. The van der Waals surface area contributed by atoms with E-state index in [0.29, 0.717) is 23.2 Å². The molecule has 0 bridgehead atoms. The highest BCUT2D eigenvalue weighted by atomic mass is 35.5. The average Bonchev–Trinajstić information content (AvgIpc) is 3.37. The molecule has 2 aromatic heterocycles. The highest BCUT2D eigenvalue weighted by Crippen LogP contribution is 2.30. The third-order valence-corrected chi connectivity index (χ3v) is 4.65. The summed E-state index contributed by atoms with van der Waals surface area (Å²) < 4.78 is 2.07. The molecule has 0 unspecified atom stereocenters. The van der Waals surface area contributed by atoms with E-state index in [9.17, 15) is 0 Å². The molecule has 2 heterocycles. The quantitative estimate of drug-likeness (QED) is 0.695. The first-order chi connectivity index (χ1) is 11.6. The van der Waals surface area contributed by atoms with E-state index in [1.807, 2.05) is 37.5 Å². The molecule has 1 fully saturated rings. The molecule has 122 valence electrons. The van der Waals surface area contributed by atoms with E-state index in [2.05, 4.69) is 19.9 Å². The molecule has 5 nitrogen and oxygen atoms in total. The van der Waals surface area contributed by atoms with Gasteiger partial charge < -0.3 is 15.3 Å². The van der Waals surface area contributed by atoms with Crippen LogP contribution in [0.15, 0.2) is 36.7 Å². The number of allylic oxidation sites excluding steroid dienone is 1. The van der Waals surface area contributed by atoms with Crippen molar-refractivity contribution in [1.29, 1.82) is 5.41 Å². The van der Waals surface area contributed by atoms with Crippen LogP contribution in [0.2, 0.25) is 5.02 Å². The smallest absolute Gasteiger partial charge is 0.129 e. The van der Waals surface area contributed by atoms with Gasteiger partial charge in [-0.25, -0.2) is 4.98 Å². The largest absolute Gasteiger partial charge is 0.384 e. The van der Waals surface area contributed by atoms with Gasteiger partial charge in [-0.2, -0.15) is 0 Å². The van der Waals surface area contributed by atoms with Crippen LogP contribution in [-0.4, -0.2) is 20.2 Å². The van der Waals surface area contributed by atoms with Gasteiger partial charge in [0.05, 0.1) is 23.8 Å². The molecule has 0 aliphatic heterocycles. The number of halogens is 1. The second-order valence-electron chi connectivity index (χ2n) is 6.18. The Labute approximate surface area is 144 Å². The van der Waals surface area contributed by atoms with Crippen LogP contribution in [0.4, 0.5) is 0 Å². The van der Waals surface area contributed by atoms with E-state index in [-0.39, 0.29) is 0 Å². The summed E-state index contributed by atoms with van der Waals surface area (Å²) in [4.78, 5) is 9.12. The Morgan fingerprint density at radius 1 is 1.42 bits per heavy atom. The van der Waals surface area contributed by atoms with Crippen LogP contribution in [0.1, 0.15) is 18.7 Å². The molecule has 0 radical (unpaired) electrons. The number of nitrogens with one attached hydrogen (secondary N) is 2. The van der Waals surface area contributed by atoms with Crippen molar-refractivity contribution in [1.82, 2.24) is 19.9 Å². The number of aromatic nitrogens is 3. The van der Waals surface area contributed by atoms with Crippen molar-refractivity contribution in [2.75, 3.05) is 0 Å².